The van der Waals surface area contributed by atoms with E-state index in [2.05, 4.69) is 29.5 Å². The van der Waals surface area contributed by atoms with Crippen molar-refractivity contribution in [2.45, 2.75) is 40.0 Å². The van der Waals surface area contributed by atoms with Crippen LogP contribution in [0.1, 0.15) is 55.4 Å². The molecule has 0 aliphatic carbocycles. The highest BCUT2D eigenvalue weighted by atomic mass is 32.1. The van der Waals surface area contributed by atoms with Gasteiger partial charge in [-0.3, -0.25) is 4.79 Å². The lowest BCUT2D eigenvalue weighted by molar-refractivity contribution is 0.0743. The number of carbonyl (C=O) groups is 1. The van der Waals surface area contributed by atoms with Crippen molar-refractivity contribution in [2.75, 3.05) is 13.1 Å². The molecule has 0 radical (unpaired) electrons. The number of hydrogen-bond donors (Lipinski definition) is 0. The molecule has 0 N–H and O–H groups in total. The monoisotopic (exact) mass is 280 g/mol. The quantitative estimate of drug-likeness (QED) is 0.803. The minimum atomic E-state index is -0.0531. The van der Waals surface area contributed by atoms with Gasteiger partial charge in [-0.1, -0.05) is 32.2 Å². The molecule has 0 bridgehead atoms. The number of nitriles is 1. The van der Waals surface area contributed by atoms with Gasteiger partial charge >= 0.3 is 0 Å². The van der Waals surface area contributed by atoms with Crippen LogP contribution >= 0.6 is 11.5 Å². The van der Waals surface area contributed by atoms with E-state index in [9.17, 15) is 4.79 Å². The number of rotatable bonds is 6. The van der Waals surface area contributed by atoms with Crippen LogP contribution in [0.5, 0.6) is 0 Å². The van der Waals surface area contributed by atoms with Crippen molar-refractivity contribution in [2.24, 2.45) is 5.92 Å². The highest BCUT2D eigenvalue weighted by molar-refractivity contribution is 7.08. The summed E-state index contributed by atoms with van der Waals surface area (Å²) in [6, 6.07) is 2.09. The van der Waals surface area contributed by atoms with Crippen molar-refractivity contribution < 1.29 is 4.79 Å². The summed E-state index contributed by atoms with van der Waals surface area (Å²) in [5.41, 5.74) is 0.751. The van der Waals surface area contributed by atoms with Gasteiger partial charge in [-0.05, 0) is 23.4 Å². The summed E-state index contributed by atoms with van der Waals surface area (Å²) < 4.78 is 3.89. The second kappa shape index (κ2) is 7.19. The minimum absolute atomic E-state index is 0.0531. The lowest BCUT2D eigenvalue weighted by Crippen LogP contribution is -2.35. The van der Waals surface area contributed by atoms with Crippen molar-refractivity contribution >= 4 is 17.4 Å². The molecule has 1 amide bonds. The average molecular weight is 280 g/mol. The topological polar surface area (TPSA) is 69.9 Å². The van der Waals surface area contributed by atoms with Crippen LogP contribution < -0.4 is 0 Å². The van der Waals surface area contributed by atoms with E-state index < -0.39 is 0 Å². The van der Waals surface area contributed by atoms with Crippen molar-refractivity contribution in [1.29, 1.82) is 5.26 Å². The normalized spacial score (nSPS) is 10.8. The molecule has 6 heteroatoms. The minimum Gasteiger partial charge on any atom is -0.337 e. The van der Waals surface area contributed by atoms with Gasteiger partial charge in [0, 0.05) is 13.1 Å². The summed E-state index contributed by atoms with van der Waals surface area (Å²) >= 11 is 1.14. The fourth-order valence-electron chi connectivity index (χ4n) is 1.77. The Morgan fingerprint density at radius 3 is 2.63 bits per heavy atom. The molecule has 0 unspecified atom stereocenters. The Labute approximate surface area is 118 Å². The first-order chi connectivity index (χ1) is 8.97. The van der Waals surface area contributed by atoms with Gasteiger partial charge in [-0.2, -0.15) is 5.26 Å². The van der Waals surface area contributed by atoms with Crippen molar-refractivity contribution in [3.63, 3.8) is 0 Å². The maximum Gasteiger partial charge on any atom is 0.267 e. The second-order valence-electron chi connectivity index (χ2n) is 5.20. The largest absolute Gasteiger partial charge is 0.337 e. The fourth-order valence-corrected chi connectivity index (χ4v) is 2.56. The molecule has 0 fully saturated rings. The molecule has 0 saturated heterocycles. The Morgan fingerprint density at radius 2 is 2.11 bits per heavy atom. The molecule has 1 rings (SSSR count). The van der Waals surface area contributed by atoms with Crippen LogP contribution in [0.25, 0.3) is 0 Å². The molecule has 1 aromatic rings. The number of amides is 1. The molecular formula is C13H20N4OS. The number of hydrogen-bond acceptors (Lipinski definition) is 5. The molecule has 1 heterocycles. The first-order valence-electron chi connectivity index (χ1n) is 6.45. The van der Waals surface area contributed by atoms with E-state index in [1.807, 2.05) is 13.8 Å². The van der Waals surface area contributed by atoms with Gasteiger partial charge in [0.05, 0.1) is 18.2 Å². The zero-order valence-electron chi connectivity index (χ0n) is 11.9. The van der Waals surface area contributed by atoms with Crippen molar-refractivity contribution in [1.82, 2.24) is 14.5 Å². The van der Waals surface area contributed by atoms with Gasteiger partial charge in [0.15, 0.2) is 0 Å². The molecule has 0 spiro atoms. The van der Waals surface area contributed by atoms with Gasteiger partial charge in [0.25, 0.3) is 5.91 Å². The smallest absolute Gasteiger partial charge is 0.267 e. The third kappa shape index (κ3) is 4.28. The van der Waals surface area contributed by atoms with E-state index in [1.165, 1.54) is 0 Å². The zero-order valence-corrected chi connectivity index (χ0v) is 12.7. The Hall–Kier alpha value is -1.48. The van der Waals surface area contributed by atoms with Crippen LogP contribution in [0, 0.1) is 17.2 Å². The van der Waals surface area contributed by atoms with Crippen molar-refractivity contribution in [3.05, 3.63) is 10.6 Å². The molecule has 0 aliphatic rings. The van der Waals surface area contributed by atoms with Gasteiger partial charge in [-0.15, -0.1) is 5.10 Å². The van der Waals surface area contributed by atoms with Gasteiger partial charge in [0.1, 0.15) is 4.88 Å². The second-order valence-corrected chi connectivity index (χ2v) is 5.95. The van der Waals surface area contributed by atoms with E-state index in [4.69, 9.17) is 5.26 Å². The Morgan fingerprint density at radius 1 is 1.42 bits per heavy atom. The van der Waals surface area contributed by atoms with Crippen molar-refractivity contribution in [3.8, 4) is 6.07 Å². The Bertz CT molecular complexity index is 461. The lowest BCUT2D eigenvalue weighted by Gasteiger charge is -2.23. The fraction of sp³-hybridized carbons (Fsp3) is 0.692. The molecule has 1 aromatic heterocycles. The maximum atomic E-state index is 12.5. The van der Waals surface area contributed by atoms with Crippen LogP contribution in [0.4, 0.5) is 0 Å². The first-order valence-corrected chi connectivity index (χ1v) is 7.23. The van der Waals surface area contributed by atoms with Crippen LogP contribution in [0.2, 0.25) is 0 Å². The summed E-state index contributed by atoms with van der Waals surface area (Å²) in [6.07, 6.45) is 0.349. The van der Waals surface area contributed by atoms with E-state index in [0.29, 0.717) is 30.3 Å². The van der Waals surface area contributed by atoms with Gasteiger partial charge in [0.2, 0.25) is 0 Å². The molecular weight excluding hydrogens is 260 g/mol. The zero-order chi connectivity index (χ0) is 14.4. The molecule has 0 aromatic carbocycles. The predicted octanol–water partition coefficient (Wildman–Crippen LogP) is 2.67. The van der Waals surface area contributed by atoms with E-state index in [-0.39, 0.29) is 11.8 Å². The highest BCUT2D eigenvalue weighted by Crippen LogP contribution is 2.21. The number of aromatic nitrogens is 2. The Kier molecular flexibility index (Phi) is 5.90. The highest BCUT2D eigenvalue weighted by Gasteiger charge is 2.24. The average Bonchev–Trinajstić information content (AvgIpc) is 2.82. The van der Waals surface area contributed by atoms with Crippen LogP contribution in [0.15, 0.2) is 0 Å². The molecule has 5 nitrogen and oxygen atoms in total. The summed E-state index contributed by atoms with van der Waals surface area (Å²) in [5, 5.41) is 12.7. The molecule has 19 heavy (non-hydrogen) atoms. The summed E-state index contributed by atoms with van der Waals surface area (Å²) in [6.45, 7) is 9.21. The predicted molar refractivity (Wildman–Crippen MR) is 75.0 cm³/mol. The lowest BCUT2D eigenvalue weighted by atomic mass is 10.1. The van der Waals surface area contributed by atoms with E-state index in [0.717, 1.165) is 17.2 Å². The Balaban J connectivity index is 2.91. The maximum absolute atomic E-state index is 12.5. The molecule has 0 atom stereocenters. The third-order valence-electron chi connectivity index (χ3n) is 2.62. The summed E-state index contributed by atoms with van der Waals surface area (Å²) in [4.78, 5) is 14.9. The van der Waals surface area contributed by atoms with Gasteiger partial charge < -0.3 is 4.90 Å². The van der Waals surface area contributed by atoms with Gasteiger partial charge in [-0.25, -0.2) is 0 Å². The molecule has 104 valence electrons. The number of nitrogens with zero attached hydrogens (tertiary/aromatic N) is 4. The summed E-state index contributed by atoms with van der Waals surface area (Å²) in [7, 11) is 0. The van der Waals surface area contributed by atoms with E-state index >= 15 is 0 Å². The summed E-state index contributed by atoms with van der Waals surface area (Å²) in [5.74, 6) is 0.489. The van der Waals surface area contributed by atoms with E-state index in [1.54, 1.807) is 4.90 Å². The first kappa shape index (κ1) is 15.6. The standard InChI is InChI=1S/C13H20N4OS/c1-9(2)8-17(7-5-6-14)13(18)12-11(10(3)4)15-16-19-12/h9-10H,5,7-8H2,1-4H3. The van der Waals surface area contributed by atoms with Crippen LogP contribution in [-0.2, 0) is 0 Å². The molecule has 0 saturated carbocycles. The van der Waals surface area contributed by atoms with Crippen LogP contribution in [0.3, 0.4) is 0 Å². The SMILES string of the molecule is CC(C)CN(CCC#N)C(=O)c1snnc1C(C)C. The number of carbonyl (C=O) groups excluding carboxylic acids is 1. The molecule has 0 aliphatic heterocycles. The third-order valence-corrected chi connectivity index (χ3v) is 3.35. The van der Waals surface area contributed by atoms with Crippen LogP contribution in [-0.4, -0.2) is 33.5 Å².